The second-order valence-electron chi connectivity index (χ2n) is 3.66. The van der Waals surface area contributed by atoms with Gasteiger partial charge in [0.05, 0.1) is 12.2 Å². The highest BCUT2D eigenvalue weighted by Crippen LogP contribution is 2.28. The van der Waals surface area contributed by atoms with Crippen molar-refractivity contribution in [3.05, 3.63) is 26.6 Å². The van der Waals surface area contributed by atoms with Gasteiger partial charge in [-0.3, -0.25) is 9.69 Å². The van der Waals surface area contributed by atoms with Gasteiger partial charge in [0, 0.05) is 15.5 Å². The van der Waals surface area contributed by atoms with Gasteiger partial charge in [-0.25, -0.2) is 0 Å². The van der Waals surface area contributed by atoms with Gasteiger partial charge in [0.25, 0.3) is 0 Å². The first-order chi connectivity index (χ1) is 7.93. The van der Waals surface area contributed by atoms with Gasteiger partial charge in [-0.15, -0.1) is 0 Å². The SMILES string of the molecule is CCN(CC(=O)O)Cc1cc(Br)cc(Br)c1N. The molecule has 0 aromatic heterocycles. The second kappa shape index (κ2) is 6.37. The number of halogens is 2. The van der Waals surface area contributed by atoms with Crippen LogP contribution in [0, 0.1) is 0 Å². The molecule has 0 saturated heterocycles. The standard InChI is InChI=1S/C11H14Br2N2O2/c1-2-15(6-10(16)17)5-7-3-8(12)4-9(13)11(7)14/h3-4H,2,5-6,14H2,1H3,(H,16,17). The van der Waals surface area contributed by atoms with Crippen LogP contribution in [0.3, 0.4) is 0 Å². The van der Waals surface area contributed by atoms with Crippen LogP contribution in [0.5, 0.6) is 0 Å². The molecule has 0 aliphatic heterocycles. The van der Waals surface area contributed by atoms with Crippen LogP contribution in [0.15, 0.2) is 21.1 Å². The molecule has 0 bridgehead atoms. The monoisotopic (exact) mass is 364 g/mol. The zero-order valence-corrected chi connectivity index (χ0v) is 12.6. The van der Waals surface area contributed by atoms with Crippen LogP contribution in [0.1, 0.15) is 12.5 Å². The summed E-state index contributed by atoms with van der Waals surface area (Å²) in [7, 11) is 0. The van der Waals surface area contributed by atoms with Gasteiger partial charge >= 0.3 is 5.97 Å². The molecule has 1 aromatic carbocycles. The number of rotatable bonds is 5. The number of nitrogens with zero attached hydrogens (tertiary/aromatic N) is 1. The molecule has 0 unspecified atom stereocenters. The summed E-state index contributed by atoms with van der Waals surface area (Å²) in [5, 5.41) is 8.78. The minimum absolute atomic E-state index is 0.0140. The zero-order valence-electron chi connectivity index (χ0n) is 9.41. The van der Waals surface area contributed by atoms with Crippen LogP contribution >= 0.6 is 31.9 Å². The molecule has 4 nitrogen and oxygen atoms in total. The predicted octanol–water partition coefficient (Wildman–Crippen LogP) is 2.70. The lowest BCUT2D eigenvalue weighted by Crippen LogP contribution is -2.29. The Hall–Kier alpha value is -0.590. The van der Waals surface area contributed by atoms with E-state index >= 15 is 0 Å². The van der Waals surface area contributed by atoms with Crippen molar-refractivity contribution in [3.8, 4) is 0 Å². The quantitative estimate of drug-likeness (QED) is 0.787. The fourth-order valence-electron chi connectivity index (χ4n) is 1.48. The van der Waals surface area contributed by atoms with Gasteiger partial charge in [0.1, 0.15) is 0 Å². The predicted molar refractivity (Wildman–Crippen MR) is 74.8 cm³/mol. The van der Waals surface area contributed by atoms with Gasteiger partial charge in [0.15, 0.2) is 0 Å². The van der Waals surface area contributed by atoms with Crippen molar-refractivity contribution in [2.75, 3.05) is 18.8 Å². The summed E-state index contributed by atoms with van der Waals surface area (Å²) >= 11 is 6.76. The Morgan fingerprint density at radius 3 is 2.65 bits per heavy atom. The number of aliphatic carboxylic acids is 1. The minimum Gasteiger partial charge on any atom is -0.480 e. The molecule has 0 aliphatic carbocycles. The maximum atomic E-state index is 10.7. The minimum atomic E-state index is -0.834. The average molecular weight is 366 g/mol. The lowest BCUT2D eigenvalue weighted by atomic mass is 10.1. The van der Waals surface area contributed by atoms with Gasteiger partial charge < -0.3 is 10.8 Å². The molecule has 94 valence electrons. The Morgan fingerprint density at radius 1 is 1.47 bits per heavy atom. The largest absolute Gasteiger partial charge is 0.480 e. The van der Waals surface area contributed by atoms with E-state index in [0.717, 1.165) is 14.5 Å². The molecule has 0 saturated carbocycles. The van der Waals surface area contributed by atoms with Crippen LogP contribution in [-0.4, -0.2) is 29.1 Å². The van der Waals surface area contributed by atoms with E-state index in [1.54, 1.807) is 0 Å². The van der Waals surface area contributed by atoms with Crippen LogP contribution in [-0.2, 0) is 11.3 Å². The fraction of sp³-hybridized carbons (Fsp3) is 0.364. The third-order valence-corrected chi connectivity index (χ3v) is 3.49. The summed E-state index contributed by atoms with van der Waals surface area (Å²) in [6.45, 7) is 3.12. The number of carboxylic acid groups (broad SMARTS) is 1. The highest BCUT2D eigenvalue weighted by molar-refractivity contribution is 9.11. The number of nitrogens with two attached hydrogens (primary N) is 1. The van der Waals surface area contributed by atoms with Gasteiger partial charge in [-0.2, -0.15) is 0 Å². The van der Waals surface area contributed by atoms with E-state index in [9.17, 15) is 4.79 Å². The lowest BCUT2D eigenvalue weighted by Gasteiger charge is -2.19. The number of hydrogen-bond acceptors (Lipinski definition) is 3. The van der Waals surface area contributed by atoms with Crippen molar-refractivity contribution in [2.45, 2.75) is 13.5 Å². The highest BCUT2D eigenvalue weighted by Gasteiger charge is 2.12. The molecule has 0 aliphatic rings. The molecule has 0 spiro atoms. The summed E-state index contributed by atoms with van der Waals surface area (Å²) in [5.74, 6) is -0.834. The maximum absolute atomic E-state index is 10.7. The van der Waals surface area contributed by atoms with Crippen LogP contribution < -0.4 is 5.73 Å². The first-order valence-corrected chi connectivity index (χ1v) is 6.70. The number of nitrogen functional groups attached to an aromatic ring is 1. The first kappa shape index (κ1) is 14.5. The molecule has 0 heterocycles. The summed E-state index contributed by atoms with van der Waals surface area (Å²) in [6.07, 6.45) is 0. The normalized spacial score (nSPS) is 10.8. The van der Waals surface area contributed by atoms with Crippen molar-refractivity contribution in [1.82, 2.24) is 4.90 Å². The number of carbonyl (C=O) groups is 1. The third-order valence-electron chi connectivity index (χ3n) is 2.38. The summed E-state index contributed by atoms with van der Waals surface area (Å²) in [4.78, 5) is 12.5. The molecule has 0 atom stereocenters. The van der Waals surface area contributed by atoms with E-state index in [4.69, 9.17) is 10.8 Å². The molecule has 0 amide bonds. The van der Waals surface area contributed by atoms with E-state index in [1.165, 1.54) is 0 Å². The molecule has 1 aromatic rings. The zero-order chi connectivity index (χ0) is 13.0. The smallest absolute Gasteiger partial charge is 0.317 e. The number of carboxylic acids is 1. The molecule has 6 heteroatoms. The fourth-order valence-corrected chi connectivity index (χ4v) is 2.79. The van der Waals surface area contributed by atoms with Crippen molar-refractivity contribution >= 4 is 43.5 Å². The van der Waals surface area contributed by atoms with E-state index in [-0.39, 0.29) is 6.54 Å². The van der Waals surface area contributed by atoms with Crippen LogP contribution in [0.2, 0.25) is 0 Å². The van der Waals surface area contributed by atoms with Gasteiger partial charge in [0.2, 0.25) is 0 Å². The molecule has 0 fully saturated rings. The van der Waals surface area contributed by atoms with Crippen molar-refractivity contribution in [3.63, 3.8) is 0 Å². The Kier molecular flexibility index (Phi) is 5.42. The number of benzene rings is 1. The Balaban J connectivity index is 2.89. The van der Waals surface area contributed by atoms with Gasteiger partial charge in [-0.05, 0) is 40.2 Å². The molecular weight excluding hydrogens is 352 g/mol. The highest BCUT2D eigenvalue weighted by atomic mass is 79.9. The Morgan fingerprint density at radius 2 is 2.12 bits per heavy atom. The van der Waals surface area contributed by atoms with Crippen molar-refractivity contribution in [1.29, 1.82) is 0 Å². The summed E-state index contributed by atoms with van der Waals surface area (Å²) < 4.78 is 1.73. The van der Waals surface area contributed by atoms with Crippen LogP contribution in [0.25, 0.3) is 0 Å². The Bertz CT molecular complexity index is 424. The van der Waals surface area contributed by atoms with E-state index in [2.05, 4.69) is 31.9 Å². The molecule has 17 heavy (non-hydrogen) atoms. The summed E-state index contributed by atoms with van der Waals surface area (Å²) in [5.41, 5.74) is 7.50. The second-order valence-corrected chi connectivity index (χ2v) is 5.43. The van der Waals surface area contributed by atoms with E-state index < -0.39 is 5.97 Å². The maximum Gasteiger partial charge on any atom is 0.317 e. The van der Waals surface area contributed by atoms with Crippen molar-refractivity contribution in [2.24, 2.45) is 0 Å². The van der Waals surface area contributed by atoms with Gasteiger partial charge in [-0.1, -0.05) is 22.9 Å². The molecular formula is C11H14Br2N2O2. The molecule has 1 rings (SSSR count). The lowest BCUT2D eigenvalue weighted by molar-refractivity contribution is -0.138. The third kappa shape index (κ3) is 4.29. The van der Waals surface area contributed by atoms with E-state index in [0.29, 0.717) is 18.8 Å². The number of likely N-dealkylation sites (N-methyl/N-ethyl adjacent to an activating group) is 1. The molecule has 3 N–H and O–H groups in total. The molecule has 0 radical (unpaired) electrons. The topological polar surface area (TPSA) is 66.6 Å². The Labute approximate surface area is 117 Å². The number of anilines is 1. The number of hydrogen-bond donors (Lipinski definition) is 2. The van der Waals surface area contributed by atoms with Crippen LogP contribution in [0.4, 0.5) is 5.69 Å². The van der Waals surface area contributed by atoms with Crippen molar-refractivity contribution < 1.29 is 9.90 Å². The summed E-state index contributed by atoms with van der Waals surface area (Å²) in [6, 6.07) is 3.77. The van der Waals surface area contributed by atoms with E-state index in [1.807, 2.05) is 24.0 Å². The first-order valence-electron chi connectivity index (χ1n) is 5.11. The average Bonchev–Trinajstić information content (AvgIpc) is 2.23.